The van der Waals surface area contributed by atoms with Crippen molar-refractivity contribution >= 4 is 40.5 Å². The second kappa shape index (κ2) is 5.85. The summed E-state index contributed by atoms with van der Waals surface area (Å²) in [5.74, 6) is -0.629. The van der Waals surface area contributed by atoms with E-state index < -0.39 is 10.8 Å². The molecule has 0 saturated carbocycles. The molecule has 6 nitrogen and oxygen atoms in total. The van der Waals surface area contributed by atoms with Crippen LogP contribution in [-0.2, 0) is 0 Å². The minimum atomic E-state index is -0.666. The van der Waals surface area contributed by atoms with E-state index in [9.17, 15) is 14.9 Å². The number of carbonyl (C=O) groups is 1. The number of amides is 1. The van der Waals surface area contributed by atoms with Crippen LogP contribution in [0.15, 0.2) is 36.5 Å². The lowest BCUT2D eigenvalue weighted by molar-refractivity contribution is -0.385. The second-order valence-corrected chi connectivity index (χ2v) is 4.56. The van der Waals surface area contributed by atoms with Crippen LogP contribution in [0.5, 0.6) is 0 Å². The zero-order chi connectivity index (χ0) is 14.7. The summed E-state index contributed by atoms with van der Waals surface area (Å²) in [6, 6.07) is 6.77. The third-order valence-electron chi connectivity index (χ3n) is 2.39. The van der Waals surface area contributed by atoms with Gasteiger partial charge in [0.05, 0.1) is 4.92 Å². The van der Waals surface area contributed by atoms with Gasteiger partial charge < -0.3 is 5.32 Å². The molecule has 0 aliphatic heterocycles. The quantitative estimate of drug-likeness (QED) is 0.533. The van der Waals surface area contributed by atoms with Gasteiger partial charge in [0.15, 0.2) is 0 Å². The molecule has 0 radical (unpaired) electrons. The van der Waals surface area contributed by atoms with E-state index in [4.69, 9.17) is 23.2 Å². The normalized spacial score (nSPS) is 10.1. The molecule has 0 bridgehead atoms. The topological polar surface area (TPSA) is 85.1 Å². The lowest BCUT2D eigenvalue weighted by atomic mass is 10.1. The Morgan fingerprint density at radius 1 is 1.25 bits per heavy atom. The molecule has 0 aliphatic rings. The number of hydrogen-bond donors (Lipinski definition) is 1. The lowest BCUT2D eigenvalue weighted by Gasteiger charge is -2.06. The van der Waals surface area contributed by atoms with Crippen LogP contribution < -0.4 is 5.32 Å². The van der Waals surface area contributed by atoms with Crippen molar-refractivity contribution in [3.8, 4) is 0 Å². The number of nitro benzene ring substituents is 1. The summed E-state index contributed by atoms with van der Waals surface area (Å²) in [5.41, 5.74) is -0.0678. The van der Waals surface area contributed by atoms with Crippen molar-refractivity contribution < 1.29 is 9.72 Å². The van der Waals surface area contributed by atoms with Crippen LogP contribution >= 0.6 is 23.2 Å². The summed E-state index contributed by atoms with van der Waals surface area (Å²) in [4.78, 5) is 26.1. The van der Waals surface area contributed by atoms with Gasteiger partial charge in [-0.25, -0.2) is 4.98 Å². The second-order valence-electron chi connectivity index (χ2n) is 3.74. The van der Waals surface area contributed by atoms with Gasteiger partial charge in [0.1, 0.15) is 10.7 Å². The van der Waals surface area contributed by atoms with Crippen molar-refractivity contribution in [1.29, 1.82) is 0 Å². The fourth-order valence-electron chi connectivity index (χ4n) is 1.53. The SMILES string of the molecule is O=C(Nc1ccnc(Cl)c1)c1ccc(Cl)cc1[N+](=O)[O-]. The van der Waals surface area contributed by atoms with Crippen molar-refractivity contribution in [2.75, 3.05) is 5.32 Å². The predicted octanol–water partition coefficient (Wildman–Crippen LogP) is 3.55. The van der Waals surface area contributed by atoms with Gasteiger partial charge in [0, 0.05) is 23.0 Å². The first-order valence-corrected chi connectivity index (χ1v) is 6.10. The van der Waals surface area contributed by atoms with E-state index in [0.29, 0.717) is 5.69 Å². The van der Waals surface area contributed by atoms with Gasteiger partial charge in [-0.05, 0) is 24.3 Å². The van der Waals surface area contributed by atoms with Crippen LogP contribution in [0, 0.1) is 10.1 Å². The third kappa shape index (κ3) is 3.23. The Bertz CT molecular complexity index is 691. The monoisotopic (exact) mass is 311 g/mol. The maximum absolute atomic E-state index is 12.0. The Kier molecular flexibility index (Phi) is 4.16. The molecule has 1 heterocycles. The molecule has 0 fully saturated rings. The Hall–Kier alpha value is -2.18. The zero-order valence-corrected chi connectivity index (χ0v) is 11.4. The molecular formula is C12H7Cl2N3O3. The molecule has 1 amide bonds. The molecule has 1 N–H and O–H groups in total. The molecule has 8 heteroatoms. The summed E-state index contributed by atoms with van der Waals surface area (Å²) < 4.78 is 0. The van der Waals surface area contributed by atoms with E-state index in [1.807, 2.05) is 0 Å². The van der Waals surface area contributed by atoms with E-state index in [2.05, 4.69) is 10.3 Å². The number of nitrogens with one attached hydrogen (secondary N) is 1. The first-order valence-electron chi connectivity index (χ1n) is 5.34. The largest absolute Gasteiger partial charge is 0.322 e. The van der Waals surface area contributed by atoms with E-state index >= 15 is 0 Å². The van der Waals surface area contributed by atoms with Crippen molar-refractivity contribution in [2.45, 2.75) is 0 Å². The average molecular weight is 312 g/mol. The van der Waals surface area contributed by atoms with E-state index in [1.54, 1.807) is 0 Å². The number of nitro groups is 1. The summed E-state index contributed by atoms with van der Waals surface area (Å²) in [6.07, 6.45) is 1.41. The van der Waals surface area contributed by atoms with Crippen molar-refractivity contribution in [3.05, 3.63) is 62.4 Å². The first kappa shape index (κ1) is 14.2. The Balaban J connectivity index is 2.32. The molecule has 0 saturated heterocycles. The number of carbonyl (C=O) groups excluding carboxylic acids is 1. The van der Waals surface area contributed by atoms with Gasteiger partial charge in [-0.1, -0.05) is 23.2 Å². The van der Waals surface area contributed by atoms with Crippen LogP contribution in [0.2, 0.25) is 10.2 Å². The standard InChI is InChI=1S/C12H7Cl2N3O3/c13-7-1-2-9(10(5-7)17(19)20)12(18)16-8-3-4-15-11(14)6-8/h1-6H,(H,15,16,18). The van der Waals surface area contributed by atoms with Crippen LogP contribution in [0.3, 0.4) is 0 Å². The summed E-state index contributed by atoms with van der Waals surface area (Å²) >= 11 is 11.4. The predicted molar refractivity (Wildman–Crippen MR) is 75.3 cm³/mol. The number of halogens is 2. The highest BCUT2D eigenvalue weighted by molar-refractivity contribution is 6.31. The number of rotatable bonds is 3. The molecule has 0 atom stereocenters. The first-order chi connectivity index (χ1) is 9.47. The average Bonchev–Trinajstić information content (AvgIpc) is 2.38. The van der Waals surface area contributed by atoms with Gasteiger partial charge in [0.25, 0.3) is 11.6 Å². The summed E-state index contributed by atoms with van der Waals surface area (Å²) in [7, 11) is 0. The van der Waals surface area contributed by atoms with E-state index in [1.165, 1.54) is 30.5 Å². The summed E-state index contributed by atoms with van der Waals surface area (Å²) in [6.45, 7) is 0. The molecule has 0 aliphatic carbocycles. The minimum Gasteiger partial charge on any atom is -0.322 e. The van der Waals surface area contributed by atoms with E-state index in [-0.39, 0.29) is 21.4 Å². The Morgan fingerprint density at radius 3 is 2.65 bits per heavy atom. The van der Waals surface area contributed by atoms with Crippen LogP contribution in [0.1, 0.15) is 10.4 Å². The Labute approximate surface area is 123 Å². The highest BCUT2D eigenvalue weighted by Crippen LogP contribution is 2.24. The molecule has 20 heavy (non-hydrogen) atoms. The van der Waals surface area contributed by atoms with E-state index in [0.717, 1.165) is 6.07 Å². The van der Waals surface area contributed by atoms with Gasteiger partial charge in [0.2, 0.25) is 0 Å². The maximum atomic E-state index is 12.0. The van der Waals surface area contributed by atoms with Crippen LogP contribution in [0.4, 0.5) is 11.4 Å². The molecule has 102 valence electrons. The maximum Gasteiger partial charge on any atom is 0.283 e. The lowest BCUT2D eigenvalue weighted by Crippen LogP contribution is -2.14. The van der Waals surface area contributed by atoms with Crippen LogP contribution in [0.25, 0.3) is 0 Å². The molecule has 1 aromatic heterocycles. The fraction of sp³-hybridized carbons (Fsp3) is 0. The van der Waals surface area contributed by atoms with Crippen LogP contribution in [-0.4, -0.2) is 15.8 Å². The third-order valence-corrected chi connectivity index (χ3v) is 2.83. The highest BCUT2D eigenvalue weighted by Gasteiger charge is 2.20. The number of pyridine rings is 1. The molecule has 2 rings (SSSR count). The number of nitrogens with zero attached hydrogens (tertiary/aromatic N) is 2. The Morgan fingerprint density at radius 2 is 2.00 bits per heavy atom. The molecule has 0 unspecified atom stereocenters. The number of benzene rings is 1. The highest BCUT2D eigenvalue weighted by atomic mass is 35.5. The number of hydrogen-bond acceptors (Lipinski definition) is 4. The van der Waals surface area contributed by atoms with Crippen molar-refractivity contribution in [2.24, 2.45) is 0 Å². The molecular weight excluding hydrogens is 305 g/mol. The van der Waals surface area contributed by atoms with Crippen molar-refractivity contribution in [3.63, 3.8) is 0 Å². The molecule has 1 aromatic carbocycles. The van der Waals surface area contributed by atoms with Gasteiger partial charge in [-0.3, -0.25) is 14.9 Å². The van der Waals surface area contributed by atoms with Gasteiger partial charge in [-0.15, -0.1) is 0 Å². The zero-order valence-electron chi connectivity index (χ0n) is 9.84. The molecule has 2 aromatic rings. The molecule has 0 spiro atoms. The van der Waals surface area contributed by atoms with Crippen molar-refractivity contribution in [1.82, 2.24) is 4.98 Å². The number of aromatic nitrogens is 1. The number of anilines is 1. The minimum absolute atomic E-state index is 0.0904. The fourth-order valence-corrected chi connectivity index (χ4v) is 1.87. The summed E-state index contributed by atoms with van der Waals surface area (Å²) in [5, 5.41) is 13.8. The van der Waals surface area contributed by atoms with Gasteiger partial charge in [-0.2, -0.15) is 0 Å². The van der Waals surface area contributed by atoms with Gasteiger partial charge >= 0.3 is 0 Å². The smallest absolute Gasteiger partial charge is 0.283 e.